The van der Waals surface area contributed by atoms with Gasteiger partial charge in [0.25, 0.3) is 0 Å². The number of aryl methyl sites for hydroxylation is 1. The van der Waals surface area contributed by atoms with Crippen LogP contribution in [0.25, 0.3) is 11.1 Å². The first-order valence-corrected chi connectivity index (χ1v) is 12.4. The highest BCUT2D eigenvalue weighted by atomic mass is 16.6. The lowest BCUT2D eigenvalue weighted by molar-refractivity contribution is -0.117. The number of carboxylic acids is 1. The van der Waals surface area contributed by atoms with Crippen molar-refractivity contribution in [2.45, 2.75) is 60.1 Å². The van der Waals surface area contributed by atoms with Crippen LogP contribution in [0.2, 0.25) is 0 Å². The van der Waals surface area contributed by atoms with Crippen molar-refractivity contribution in [3.8, 4) is 11.1 Å². The number of ether oxygens (including phenoxy) is 1. The second-order valence-electron chi connectivity index (χ2n) is 9.06. The average Bonchev–Trinajstić information content (AvgIpc) is 2.89. The predicted octanol–water partition coefficient (Wildman–Crippen LogP) is 5.20. The van der Waals surface area contributed by atoms with Crippen LogP contribution in [-0.4, -0.2) is 55.1 Å². The molecule has 0 radical (unpaired) electrons. The molecule has 0 aliphatic rings. The molecule has 202 valence electrons. The van der Waals surface area contributed by atoms with E-state index in [4.69, 9.17) is 4.74 Å². The van der Waals surface area contributed by atoms with Gasteiger partial charge in [-0.05, 0) is 50.5 Å². The van der Waals surface area contributed by atoms with Crippen molar-refractivity contribution in [3.05, 3.63) is 72.1 Å². The molecule has 2 heterocycles. The molecule has 0 unspecified atom stereocenters. The summed E-state index contributed by atoms with van der Waals surface area (Å²) >= 11 is 0. The number of hydrogen-bond donors (Lipinski definition) is 2. The summed E-state index contributed by atoms with van der Waals surface area (Å²) < 4.78 is 5.44. The molecule has 0 bridgehead atoms. The number of aromatic nitrogens is 3. The van der Waals surface area contributed by atoms with Crippen LogP contribution in [0.5, 0.6) is 0 Å². The maximum absolute atomic E-state index is 13.0. The summed E-state index contributed by atoms with van der Waals surface area (Å²) in [6, 6.07) is 10.9. The van der Waals surface area contributed by atoms with E-state index in [1.807, 2.05) is 45.0 Å². The number of nitrogens with zero attached hydrogens (tertiary/aromatic N) is 4. The maximum Gasteiger partial charge on any atom is 0.411 e. The van der Waals surface area contributed by atoms with E-state index in [-0.39, 0.29) is 17.9 Å². The highest BCUT2D eigenvalue weighted by molar-refractivity contribution is 6.01. The van der Waals surface area contributed by atoms with Crippen LogP contribution in [0.15, 0.2) is 55.1 Å². The minimum Gasteiger partial charge on any atom is -0.476 e. The Balaban J connectivity index is 0.00000247. The van der Waals surface area contributed by atoms with Crippen LogP contribution in [-0.2, 0) is 22.5 Å². The summed E-state index contributed by atoms with van der Waals surface area (Å²) in [7, 11) is 0. The van der Waals surface area contributed by atoms with Crippen LogP contribution in [0.3, 0.4) is 0 Å². The topological polar surface area (TPSA) is 135 Å². The van der Waals surface area contributed by atoms with Gasteiger partial charge in [0.2, 0.25) is 5.91 Å². The van der Waals surface area contributed by atoms with E-state index in [1.54, 1.807) is 32.9 Å². The lowest BCUT2D eigenvalue weighted by Gasteiger charge is -2.27. The number of amides is 2. The Labute approximate surface area is 223 Å². The number of carbonyl (C=O) groups excluding carboxylic acids is 2. The summed E-state index contributed by atoms with van der Waals surface area (Å²) in [4.78, 5) is 50.8. The van der Waals surface area contributed by atoms with Gasteiger partial charge in [0.15, 0.2) is 5.69 Å². The molecule has 3 aromatic rings. The maximum atomic E-state index is 13.0. The normalized spacial score (nSPS) is 10.6. The third-order valence-corrected chi connectivity index (χ3v) is 5.02. The number of carbonyl (C=O) groups is 3. The molecule has 3 rings (SSSR count). The largest absolute Gasteiger partial charge is 0.476 e. The zero-order valence-electron chi connectivity index (χ0n) is 22.7. The van der Waals surface area contributed by atoms with Crippen LogP contribution in [0.4, 0.5) is 10.5 Å². The molecule has 38 heavy (non-hydrogen) atoms. The smallest absolute Gasteiger partial charge is 0.411 e. The van der Waals surface area contributed by atoms with Crippen molar-refractivity contribution in [2.75, 3.05) is 11.9 Å². The third-order valence-electron chi connectivity index (χ3n) is 5.02. The van der Waals surface area contributed by atoms with Gasteiger partial charge in [-0.25, -0.2) is 24.5 Å². The van der Waals surface area contributed by atoms with Gasteiger partial charge in [-0.1, -0.05) is 45.0 Å². The molecule has 2 aromatic heterocycles. The van der Waals surface area contributed by atoms with Gasteiger partial charge in [0, 0.05) is 18.0 Å². The number of benzene rings is 1. The Kier molecular flexibility index (Phi) is 10.9. The lowest BCUT2D eigenvalue weighted by Crippen LogP contribution is -2.41. The van der Waals surface area contributed by atoms with Gasteiger partial charge >= 0.3 is 12.1 Å². The second kappa shape index (κ2) is 13.8. The van der Waals surface area contributed by atoms with Crippen molar-refractivity contribution in [2.24, 2.45) is 0 Å². The van der Waals surface area contributed by atoms with Crippen molar-refractivity contribution < 1.29 is 24.2 Å². The van der Waals surface area contributed by atoms with E-state index in [2.05, 4.69) is 20.3 Å². The van der Waals surface area contributed by atoms with Crippen molar-refractivity contribution in [1.82, 2.24) is 19.9 Å². The number of anilines is 1. The Morgan fingerprint density at radius 1 is 1.05 bits per heavy atom. The zero-order chi connectivity index (χ0) is 28.3. The zero-order valence-corrected chi connectivity index (χ0v) is 22.7. The highest BCUT2D eigenvalue weighted by Gasteiger charge is 2.25. The van der Waals surface area contributed by atoms with E-state index >= 15 is 0 Å². The molecule has 10 heteroatoms. The Hall–Kier alpha value is -4.34. The first kappa shape index (κ1) is 29.9. The molecule has 0 spiro atoms. The Morgan fingerprint density at radius 3 is 2.39 bits per heavy atom. The van der Waals surface area contributed by atoms with Crippen LogP contribution < -0.4 is 5.32 Å². The van der Waals surface area contributed by atoms with Crippen LogP contribution in [0.1, 0.15) is 63.3 Å². The first-order chi connectivity index (χ1) is 18.1. The van der Waals surface area contributed by atoms with E-state index in [0.29, 0.717) is 11.3 Å². The number of pyridine rings is 1. The molecular formula is C28H35N5O5. The molecule has 2 amide bonds. The van der Waals surface area contributed by atoms with Gasteiger partial charge in [0.1, 0.15) is 18.5 Å². The fourth-order valence-electron chi connectivity index (χ4n) is 3.34. The second-order valence-corrected chi connectivity index (χ2v) is 9.06. The fraction of sp³-hybridized carbons (Fsp3) is 0.357. The molecule has 0 aliphatic carbocycles. The minimum absolute atomic E-state index is 0.00125. The van der Waals surface area contributed by atoms with E-state index in [0.717, 1.165) is 17.5 Å². The monoisotopic (exact) mass is 521 g/mol. The van der Waals surface area contributed by atoms with Gasteiger partial charge < -0.3 is 15.2 Å². The molecule has 0 saturated heterocycles. The van der Waals surface area contributed by atoms with Crippen molar-refractivity contribution in [1.29, 1.82) is 0 Å². The SMILES string of the molecule is CC.CCc1cccc(-c2cnc(C(=O)O)c(NC(=O)CN(Cc3ccncn3)C(=O)OC(C)(C)C)c2)c1. The average molecular weight is 522 g/mol. The number of carboxylic acid groups (broad SMARTS) is 1. The summed E-state index contributed by atoms with van der Waals surface area (Å²) in [6.45, 7) is 10.8. The quantitative estimate of drug-likeness (QED) is 0.413. The minimum atomic E-state index is -1.29. The van der Waals surface area contributed by atoms with Gasteiger partial charge in [-0.2, -0.15) is 0 Å². The van der Waals surface area contributed by atoms with E-state index < -0.39 is 30.1 Å². The van der Waals surface area contributed by atoms with Gasteiger partial charge in [-0.3, -0.25) is 9.69 Å². The van der Waals surface area contributed by atoms with Gasteiger partial charge in [-0.15, -0.1) is 0 Å². The molecule has 1 aromatic carbocycles. The number of aromatic carboxylic acids is 1. The summed E-state index contributed by atoms with van der Waals surface area (Å²) in [5, 5.41) is 12.2. The number of rotatable bonds is 8. The Morgan fingerprint density at radius 2 is 1.79 bits per heavy atom. The summed E-state index contributed by atoms with van der Waals surface area (Å²) in [5.41, 5.74) is 2.05. The molecule has 10 nitrogen and oxygen atoms in total. The van der Waals surface area contributed by atoms with Crippen molar-refractivity contribution >= 4 is 23.7 Å². The van der Waals surface area contributed by atoms with E-state index in [9.17, 15) is 19.5 Å². The molecule has 0 saturated carbocycles. The highest BCUT2D eigenvalue weighted by Crippen LogP contribution is 2.25. The van der Waals surface area contributed by atoms with E-state index in [1.165, 1.54) is 23.6 Å². The lowest BCUT2D eigenvalue weighted by atomic mass is 10.0. The van der Waals surface area contributed by atoms with Crippen molar-refractivity contribution in [3.63, 3.8) is 0 Å². The fourth-order valence-corrected chi connectivity index (χ4v) is 3.34. The van der Waals surface area contributed by atoms with Crippen LogP contribution >= 0.6 is 0 Å². The Bertz CT molecular complexity index is 1240. The molecular weight excluding hydrogens is 486 g/mol. The molecule has 0 fully saturated rings. The summed E-state index contributed by atoms with van der Waals surface area (Å²) in [6.07, 6.45) is 4.45. The molecule has 0 aliphatic heterocycles. The standard InChI is InChI=1S/C26H29N5O5.C2H6/c1-5-17-7-6-8-18(11-17)19-12-21(23(24(33)34)28-13-19)30-22(32)15-31(25(35)36-26(2,3)4)14-20-9-10-27-16-29-20;1-2/h6-13,16H,5,14-15H2,1-4H3,(H,30,32)(H,33,34);1-2H3. The number of hydrogen-bond acceptors (Lipinski definition) is 7. The van der Waals surface area contributed by atoms with Gasteiger partial charge in [0.05, 0.1) is 17.9 Å². The molecule has 0 atom stereocenters. The number of nitrogens with one attached hydrogen (secondary N) is 1. The predicted molar refractivity (Wildman–Crippen MR) is 145 cm³/mol. The molecule has 2 N–H and O–H groups in total. The first-order valence-electron chi connectivity index (χ1n) is 12.4. The summed E-state index contributed by atoms with van der Waals surface area (Å²) in [5.74, 6) is -1.90. The third kappa shape index (κ3) is 8.95. The van der Waals surface area contributed by atoms with Crippen LogP contribution in [0, 0.1) is 0 Å².